The molecular weight excluding hydrogens is 329 g/mol. The van der Waals surface area contributed by atoms with Crippen molar-refractivity contribution in [2.24, 2.45) is 0 Å². The molecule has 2 N–H and O–H groups in total. The molecule has 0 fully saturated rings. The van der Waals surface area contributed by atoms with Crippen molar-refractivity contribution in [3.63, 3.8) is 0 Å². The van der Waals surface area contributed by atoms with E-state index in [-0.39, 0.29) is 5.78 Å². The second-order valence-corrected chi connectivity index (χ2v) is 6.30. The number of aromatic nitrogens is 2. The Kier molecular flexibility index (Phi) is 2.82. The van der Waals surface area contributed by atoms with Gasteiger partial charge in [-0.3, -0.25) is 9.89 Å². The number of H-pyrrole nitrogens is 1. The second kappa shape index (κ2) is 4.59. The SMILES string of the molecule is O=C1c2sccc2-c2[nH]nc(Nc3ccc(Cl)c(Cl)c3)c21. The minimum absolute atomic E-state index is 0.00805. The van der Waals surface area contributed by atoms with Gasteiger partial charge >= 0.3 is 0 Å². The van der Waals surface area contributed by atoms with Crippen molar-refractivity contribution in [3.8, 4) is 11.3 Å². The molecule has 0 radical (unpaired) electrons. The topological polar surface area (TPSA) is 57.8 Å². The number of carbonyl (C=O) groups excluding carboxylic acids is 1. The fraction of sp³-hybridized carbons (Fsp3) is 0. The van der Waals surface area contributed by atoms with E-state index in [1.54, 1.807) is 18.2 Å². The Balaban J connectivity index is 1.75. The fourth-order valence-corrected chi connectivity index (χ4v) is 3.50. The molecule has 0 spiro atoms. The summed E-state index contributed by atoms with van der Waals surface area (Å²) in [6.45, 7) is 0. The van der Waals surface area contributed by atoms with Gasteiger partial charge in [-0.1, -0.05) is 23.2 Å². The van der Waals surface area contributed by atoms with E-state index in [0.717, 1.165) is 21.8 Å². The number of nitrogens with zero attached hydrogens (tertiary/aromatic N) is 1. The molecule has 0 saturated carbocycles. The Labute approximate surface area is 133 Å². The van der Waals surface area contributed by atoms with Crippen LogP contribution in [-0.4, -0.2) is 16.0 Å². The molecule has 4 rings (SSSR count). The van der Waals surface area contributed by atoms with Gasteiger partial charge in [0.25, 0.3) is 0 Å². The highest BCUT2D eigenvalue weighted by Crippen LogP contribution is 2.42. The Bertz CT molecular complexity index is 884. The second-order valence-electron chi connectivity index (χ2n) is 4.57. The minimum atomic E-state index is -0.00805. The highest BCUT2D eigenvalue weighted by Gasteiger charge is 2.33. The van der Waals surface area contributed by atoms with E-state index in [1.807, 2.05) is 11.4 Å². The molecule has 0 saturated heterocycles. The number of anilines is 2. The Hall–Kier alpha value is -1.82. The van der Waals surface area contributed by atoms with Crippen LogP contribution in [0.3, 0.4) is 0 Å². The van der Waals surface area contributed by atoms with Crippen LogP contribution in [0.15, 0.2) is 29.6 Å². The lowest BCUT2D eigenvalue weighted by Gasteiger charge is -2.05. The minimum Gasteiger partial charge on any atom is -0.338 e. The molecular formula is C14H7Cl2N3OS. The maximum Gasteiger partial charge on any atom is 0.209 e. The zero-order valence-electron chi connectivity index (χ0n) is 10.4. The summed E-state index contributed by atoms with van der Waals surface area (Å²) in [6.07, 6.45) is 0. The highest BCUT2D eigenvalue weighted by atomic mass is 35.5. The fourth-order valence-electron chi connectivity index (χ4n) is 2.35. The Morgan fingerprint density at radius 2 is 2.05 bits per heavy atom. The van der Waals surface area contributed by atoms with Crippen LogP contribution in [0.4, 0.5) is 11.5 Å². The van der Waals surface area contributed by atoms with Gasteiger partial charge in [0.2, 0.25) is 5.78 Å². The van der Waals surface area contributed by atoms with Gasteiger partial charge in [-0.15, -0.1) is 11.3 Å². The standard InChI is InChI=1S/C14H7Cl2N3OS/c15-8-2-1-6(5-9(8)16)17-14-10-11(18-19-14)7-3-4-21-13(7)12(10)20/h1-5H,(H2,17,18,19). The lowest BCUT2D eigenvalue weighted by atomic mass is 10.2. The molecule has 2 aromatic heterocycles. The largest absolute Gasteiger partial charge is 0.338 e. The smallest absolute Gasteiger partial charge is 0.209 e. The molecule has 7 heteroatoms. The third-order valence-corrected chi connectivity index (χ3v) is 4.97. The van der Waals surface area contributed by atoms with E-state index in [0.29, 0.717) is 21.4 Å². The number of aromatic amines is 1. The molecule has 0 aliphatic heterocycles. The summed E-state index contributed by atoms with van der Waals surface area (Å²) in [5, 5.41) is 13.0. The highest BCUT2D eigenvalue weighted by molar-refractivity contribution is 7.13. The summed E-state index contributed by atoms with van der Waals surface area (Å²) in [6, 6.07) is 7.09. The van der Waals surface area contributed by atoms with Crippen molar-refractivity contribution in [1.82, 2.24) is 10.2 Å². The number of ketones is 1. The van der Waals surface area contributed by atoms with Crippen molar-refractivity contribution >= 4 is 51.8 Å². The molecule has 0 unspecified atom stereocenters. The first-order chi connectivity index (χ1) is 10.1. The first-order valence-electron chi connectivity index (χ1n) is 6.08. The maximum absolute atomic E-state index is 12.4. The molecule has 2 heterocycles. The molecule has 3 aromatic rings. The van der Waals surface area contributed by atoms with Crippen molar-refractivity contribution in [1.29, 1.82) is 0 Å². The first-order valence-corrected chi connectivity index (χ1v) is 7.71. The van der Waals surface area contributed by atoms with Gasteiger partial charge < -0.3 is 5.32 Å². The van der Waals surface area contributed by atoms with Gasteiger partial charge in [-0.25, -0.2) is 0 Å². The monoisotopic (exact) mass is 335 g/mol. The lowest BCUT2D eigenvalue weighted by molar-refractivity contribution is 0.104. The van der Waals surface area contributed by atoms with E-state index in [2.05, 4.69) is 15.5 Å². The number of fused-ring (bicyclic) bond motifs is 3. The maximum atomic E-state index is 12.4. The van der Waals surface area contributed by atoms with Crippen LogP contribution >= 0.6 is 34.5 Å². The zero-order valence-corrected chi connectivity index (χ0v) is 12.7. The summed E-state index contributed by atoms with van der Waals surface area (Å²) in [5.41, 5.74) is 2.97. The van der Waals surface area contributed by atoms with Crippen LogP contribution in [0.1, 0.15) is 15.2 Å². The normalized spacial score (nSPS) is 12.4. The third kappa shape index (κ3) is 1.89. The van der Waals surface area contributed by atoms with E-state index in [9.17, 15) is 4.79 Å². The van der Waals surface area contributed by atoms with Crippen LogP contribution in [-0.2, 0) is 0 Å². The summed E-state index contributed by atoms with van der Waals surface area (Å²) in [7, 11) is 0. The van der Waals surface area contributed by atoms with Gasteiger partial charge in [0.15, 0.2) is 5.82 Å². The zero-order chi connectivity index (χ0) is 14.6. The number of carbonyl (C=O) groups is 1. The average molecular weight is 336 g/mol. The molecule has 1 aromatic carbocycles. The number of rotatable bonds is 2. The molecule has 1 aliphatic carbocycles. The van der Waals surface area contributed by atoms with Crippen molar-refractivity contribution in [2.45, 2.75) is 0 Å². The number of benzene rings is 1. The number of hydrogen-bond donors (Lipinski definition) is 2. The predicted molar refractivity (Wildman–Crippen MR) is 85.1 cm³/mol. The molecule has 0 atom stereocenters. The number of halogens is 2. The van der Waals surface area contributed by atoms with Crippen LogP contribution in [0, 0.1) is 0 Å². The van der Waals surface area contributed by atoms with Crippen LogP contribution in [0.25, 0.3) is 11.3 Å². The van der Waals surface area contributed by atoms with E-state index >= 15 is 0 Å². The summed E-state index contributed by atoms with van der Waals surface area (Å²) >= 11 is 13.3. The molecule has 21 heavy (non-hydrogen) atoms. The average Bonchev–Trinajstić information content (AvgIpc) is 3.12. The summed E-state index contributed by atoms with van der Waals surface area (Å²) < 4.78 is 0. The van der Waals surface area contributed by atoms with Crippen molar-refractivity contribution < 1.29 is 4.79 Å². The number of hydrogen-bond acceptors (Lipinski definition) is 4. The van der Waals surface area contributed by atoms with Crippen LogP contribution < -0.4 is 5.32 Å². The Morgan fingerprint density at radius 3 is 2.86 bits per heavy atom. The predicted octanol–water partition coefficient (Wildman–Crippen LogP) is 4.73. The number of nitrogens with one attached hydrogen (secondary N) is 2. The van der Waals surface area contributed by atoms with Gasteiger partial charge in [-0.2, -0.15) is 5.10 Å². The molecule has 1 aliphatic rings. The quantitative estimate of drug-likeness (QED) is 0.556. The molecule has 0 bridgehead atoms. The van der Waals surface area contributed by atoms with Crippen molar-refractivity contribution in [3.05, 3.63) is 50.1 Å². The van der Waals surface area contributed by atoms with E-state index < -0.39 is 0 Å². The van der Waals surface area contributed by atoms with Crippen molar-refractivity contribution in [2.75, 3.05) is 5.32 Å². The van der Waals surface area contributed by atoms with Crippen LogP contribution in [0.2, 0.25) is 10.0 Å². The summed E-state index contributed by atoms with van der Waals surface area (Å²) in [5.74, 6) is 0.489. The van der Waals surface area contributed by atoms with Gasteiger partial charge in [-0.05, 0) is 29.6 Å². The summed E-state index contributed by atoms with van der Waals surface area (Å²) in [4.78, 5) is 13.2. The van der Waals surface area contributed by atoms with Gasteiger partial charge in [0.05, 0.1) is 26.2 Å². The molecule has 4 nitrogen and oxygen atoms in total. The lowest BCUT2D eigenvalue weighted by Crippen LogP contribution is -1.99. The Morgan fingerprint density at radius 1 is 1.19 bits per heavy atom. The van der Waals surface area contributed by atoms with E-state index in [1.165, 1.54) is 11.3 Å². The third-order valence-electron chi connectivity index (χ3n) is 3.32. The molecule has 104 valence electrons. The van der Waals surface area contributed by atoms with Gasteiger partial charge in [0, 0.05) is 11.3 Å². The first kappa shape index (κ1) is 12.9. The number of thiophene rings is 1. The molecule has 0 amide bonds. The van der Waals surface area contributed by atoms with Crippen LogP contribution in [0.5, 0.6) is 0 Å². The van der Waals surface area contributed by atoms with E-state index in [4.69, 9.17) is 23.2 Å². The van der Waals surface area contributed by atoms with Gasteiger partial charge in [0.1, 0.15) is 0 Å².